The topological polar surface area (TPSA) is 126 Å². The summed E-state index contributed by atoms with van der Waals surface area (Å²) in [4.78, 5) is 34.0. The third kappa shape index (κ3) is 6.27. The van der Waals surface area contributed by atoms with Gasteiger partial charge < -0.3 is 10.2 Å². The molecule has 9 heteroatoms. The van der Waals surface area contributed by atoms with Crippen molar-refractivity contribution in [3.05, 3.63) is 48.6 Å². The molecule has 8 nitrogen and oxygen atoms in total. The molecular formula is C10H8N4O4Zn. The van der Waals surface area contributed by atoms with E-state index in [9.17, 15) is 9.59 Å². The van der Waals surface area contributed by atoms with Gasteiger partial charge in [-0.3, -0.25) is 0 Å². The first kappa shape index (κ1) is 16.7. The molecule has 0 fully saturated rings. The zero-order chi connectivity index (χ0) is 13.4. The first-order chi connectivity index (χ1) is 8.61. The standard InChI is InChI=1S/2C5H4N2O2.Zn/c2*8-5(9)4-6-2-1-3-7-4;/h2*1-3H,(H,8,9);. The molecule has 2 aromatic rings. The molecule has 0 aliphatic carbocycles. The summed E-state index contributed by atoms with van der Waals surface area (Å²) in [6.45, 7) is 0. The van der Waals surface area contributed by atoms with E-state index in [0.29, 0.717) is 0 Å². The summed E-state index contributed by atoms with van der Waals surface area (Å²) >= 11 is 0. The molecule has 0 atom stereocenters. The van der Waals surface area contributed by atoms with Crippen molar-refractivity contribution in [1.82, 2.24) is 19.9 Å². The summed E-state index contributed by atoms with van der Waals surface area (Å²) in [7, 11) is 0. The van der Waals surface area contributed by atoms with Gasteiger partial charge in [0.25, 0.3) is 0 Å². The van der Waals surface area contributed by atoms with Gasteiger partial charge in [-0.15, -0.1) is 0 Å². The third-order valence-corrected chi connectivity index (χ3v) is 1.51. The number of hydrogen-bond donors (Lipinski definition) is 2. The van der Waals surface area contributed by atoms with Gasteiger partial charge in [0, 0.05) is 44.3 Å². The summed E-state index contributed by atoms with van der Waals surface area (Å²) in [5.41, 5.74) is 0. The molecule has 0 aromatic carbocycles. The van der Waals surface area contributed by atoms with E-state index in [2.05, 4.69) is 19.9 Å². The third-order valence-electron chi connectivity index (χ3n) is 1.51. The molecule has 0 bridgehead atoms. The molecule has 0 unspecified atom stereocenters. The fourth-order valence-electron chi connectivity index (χ4n) is 0.819. The van der Waals surface area contributed by atoms with Crippen LogP contribution in [0.15, 0.2) is 36.9 Å². The molecule has 0 aliphatic heterocycles. The Morgan fingerprint density at radius 1 is 0.737 bits per heavy atom. The summed E-state index contributed by atoms with van der Waals surface area (Å²) < 4.78 is 0. The Kier molecular flexibility index (Phi) is 7.71. The maximum Gasteiger partial charge on any atom is 0.373 e. The number of hydrogen-bond acceptors (Lipinski definition) is 6. The van der Waals surface area contributed by atoms with E-state index in [-0.39, 0.29) is 31.1 Å². The van der Waals surface area contributed by atoms with Gasteiger partial charge in [0.15, 0.2) is 0 Å². The van der Waals surface area contributed by atoms with Crippen LogP contribution < -0.4 is 0 Å². The molecule has 94 valence electrons. The van der Waals surface area contributed by atoms with Crippen molar-refractivity contribution in [2.45, 2.75) is 0 Å². The van der Waals surface area contributed by atoms with Gasteiger partial charge in [0.1, 0.15) is 0 Å². The molecule has 19 heavy (non-hydrogen) atoms. The zero-order valence-corrected chi connectivity index (χ0v) is 12.6. The molecule has 0 amide bonds. The van der Waals surface area contributed by atoms with Crippen LogP contribution in [0.4, 0.5) is 0 Å². The van der Waals surface area contributed by atoms with Crippen molar-refractivity contribution in [3.63, 3.8) is 0 Å². The Morgan fingerprint density at radius 2 is 1.00 bits per heavy atom. The maximum atomic E-state index is 10.1. The second-order valence-electron chi connectivity index (χ2n) is 2.76. The van der Waals surface area contributed by atoms with Crippen molar-refractivity contribution in [1.29, 1.82) is 0 Å². The van der Waals surface area contributed by atoms with E-state index in [1.807, 2.05) is 0 Å². The SMILES string of the molecule is O=C(O)c1ncccn1.O=C(O)c1ncccn1.[Zn]. The molecule has 0 saturated carbocycles. The molecule has 2 aromatic heterocycles. The van der Waals surface area contributed by atoms with E-state index in [0.717, 1.165) is 0 Å². The zero-order valence-electron chi connectivity index (χ0n) is 9.67. The van der Waals surface area contributed by atoms with Crippen LogP contribution in [0.25, 0.3) is 0 Å². The molecule has 2 N–H and O–H groups in total. The van der Waals surface area contributed by atoms with Gasteiger partial charge >= 0.3 is 11.9 Å². The van der Waals surface area contributed by atoms with Crippen LogP contribution in [0.1, 0.15) is 21.2 Å². The monoisotopic (exact) mass is 312 g/mol. The smallest absolute Gasteiger partial charge is 0.373 e. The van der Waals surface area contributed by atoms with Crippen molar-refractivity contribution >= 4 is 11.9 Å². The van der Waals surface area contributed by atoms with Crippen LogP contribution in [0, 0.1) is 0 Å². The Bertz CT molecular complexity index is 474. The average molecular weight is 314 g/mol. The Morgan fingerprint density at radius 3 is 1.16 bits per heavy atom. The number of aromatic nitrogens is 4. The minimum Gasteiger partial charge on any atom is -0.475 e. The van der Waals surface area contributed by atoms with Crippen molar-refractivity contribution in [2.75, 3.05) is 0 Å². The number of aromatic carboxylic acids is 2. The molecule has 2 heterocycles. The van der Waals surface area contributed by atoms with Crippen molar-refractivity contribution in [3.8, 4) is 0 Å². The Balaban J connectivity index is 0.000000324. The van der Waals surface area contributed by atoms with Gasteiger partial charge in [-0.2, -0.15) is 0 Å². The Hall–Kier alpha value is -2.28. The number of carbonyl (C=O) groups is 2. The molecule has 0 radical (unpaired) electrons. The first-order valence-corrected chi connectivity index (χ1v) is 4.62. The van der Waals surface area contributed by atoms with Crippen LogP contribution in [-0.4, -0.2) is 42.1 Å². The van der Waals surface area contributed by atoms with Crippen LogP contribution in [0.5, 0.6) is 0 Å². The van der Waals surface area contributed by atoms with Gasteiger partial charge in [0.2, 0.25) is 11.6 Å². The average Bonchev–Trinajstić information content (AvgIpc) is 2.41. The number of carboxylic acid groups (broad SMARTS) is 2. The van der Waals surface area contributed by atoms with Gasteiger partial charge in [-0.1, -0.05) is 0 Å². The summed E-state index contributed by atoms with van der Waals surface area (Å²) in [5, 5.41) is 16.5. The quantitative estimate of drug-likeness (QED) is 0.760. The number of carboxylic acids is 2. The Labute approximate surface area is 120 Å². The van der Waals surface area contributed by atoms with E-state index < -0.39 is 11.9 Å². The summed E-state index contributed by atoms with van der Waals surface area (Å²) in [6, 6.07) is 3.12. The van der Waals surface area contributed by atoms with Crippen LogP contribution in [0.2, 0.25) is 0 Å². The molecule has 0 aliphatic rings. The van der Waals surface area contributed by atoms with Crippen LogP contribution in [-0.2, 0) is 19.5 Å². The fourth-order valence-corrected chi connectivity index (χ4v) is 0.819. The fraction of sp³-hybridized carbons (Fsp3) is 0. The second-order valence-corrected chi connectivity index (χ2v) is 2.76. The summed E-state index contributed by atoms with van der Waals surface area (Å²) in [5.74, 6) is -2.54. The van der Waals surface area contributed by atoms with E-state index in [1.54, 1.807) is 12.1 Å². The molecule has 0 spiro atoms. The van der Waals surface area contributed by atoms with Crippen LogP contribution >= 0.6 is 0 Å². The van der Waals surface area contributed by atoms with Gasteiger partial charge in [-0.25, -0.2) is 29.5 Å². The minimum absolute atomic E-state index is 0. The maximum absolute atomic E-state index is 10.1. The van der Waals surface area contributed by atoms with E-state index >= 15 is 0 Å². The number of rotatable bonds is 2. The predicted octanol–water partition coefficient (Wildman–Crippen LogP) is 0.347. The summed E-state index contributed by atoms with van der Waals surface area (Å²) in [6.07, 6.45) is 5.54. The first-order valence-electron chi connectivity index (χ1n) is 4.62. The van der Waals surface area contributed by atoms with Crippen molar-refractivity contribution in [2.24, 2.45) is 0 Å². The van der Waals surface area contributed by atoms with Gasteiger partial charge in [-0.05, 0) is 12.1 Å². The molecule has 2 rings (SSSR count). The number of nitrogens with zero attached hydrogens (tertiary/aromatic N) is 4. The molecule has 0 saturated heterocycles. The van der Waals surface area contributed by atoms with Gasteiger partial charge in [0.05, 0.1) is 0 Å². The molecular weight excluding hydrogens is 306 g/mol. The van der Waals surface area contributed by atoms with Crippen molar-refractivity contribution < 1.29 is 39.3 Å². The predicted molar refractivity (Wildman–Crippen MR) is 58.0 cm³/mol. The largest absolute Gasteiger partial charge is 0.475 e. The second kappa shape index (κ2) is 8.76. The van der Waals surface area contributed by atoms with E-state index in [1.165, 1.54) is 24.8 Å². The minimum atomic E-state index is -1.10. The normalized spacial score (nSPS) is 8.42. The van der Waals surface area contributed by atoms with Crippen LogP contribution in [0.3, 0.4) is 0 Å². The van der Waals surface area contributed by atoms with E-state index in [4.69, 9.17) is 10.2 Å².